The third-order valence-electron chi connectivity index (χ3n) is 5.59. The Balaban J connectivity index is 1.69. The van der Waals surface area contributed by atoms with Gasteiger partial charge in [0.1, 0.15) is 11.5 Å². The molecule has 0 spiro atoms. The number of pyridine rings is 1. The van der Waals surface area contributed by atoms with Crippen LogP contribution in [0.5, 0.6) is 0 Å². The molecule has 1 N–H and O–H groups in total. The van der Waals surface area contributed by atoms with Gasteiger partial charge in [-0.05, 0) is 44.4 Å². The Morgan fingerprint density at radius 1 is 1.12 bits per heavy atom. The van der Waals surface area contributed by atoms with E-state index in [1.165, 1.54) is 5.56 Å². The molecule has 0 amide bonds. The topological polar surface area (TPSA) is 29.3 Å². The highest BCUT2D eigenvalue weighted by Crippen LogP contribution is 2.40. The standard InChI is InChI=1S/C21H24FN3/c1-15-8-7-13-25-19(16(2)24-20(15)25)14-23-21(11-5-6-12-21)17-9-3-4-10-18(17)22/h3-4,7-10,13,23H,5-6,11-12,14H2,1-2H3. The van der Waals surface area contributed by atoms with Crippen molar-refractivity contribution in [1.29, 1.82) is 0 Å². The van der Waals surface area contributed by atoms with Crippen LogP contribution in [-0.2, 0) is 12.1 Å². The Hall–Kier alpha value is -2.20. The molecule has 0 atom stereocenters. The van der Waals surface area contributed by atoms with Crippen molar-refractivity contribution in [2.45, 2.75) is 51.6 Å². The van der Waals surface area contributed by atoms with Crippen molar-refractivity contribution in [3.8, 4) is 0 Å². The summed E-state index contributed by atoms with van der Waals surface area (Å²) in [6.45, 7) is 4.81. The molecule has 1 fully saturated rings. The fourth-order valence-electron chi connectivity index (χ4n) is 4.20. The van der Waals surface area contributed by atoms with E-state index in [2.05, 4.69) is 35.0 Å². The van der Waals surface area contributed by atoms with Crippen LogP contribution in [-0.4, -0.2) is 9.38 Å². The second-order valence-electron chi connectivity index (χ2n) is 7.15. The maximum absolute atomic E-state index is 14.5. The SMILES string of the molecule is Cc1nc2c(C)cccn2c1CNC1(c2ccccc2F)CCCC1. The van der Waals surface area contributed by atoms with Crippen LogP contribution >= 0.6 is 0 Å². The number of hydrogen-bond acceptors (Lipinski definition) is 2. The first-order valence-corrected chi connectivity index (χ1v) is 9.04. The first-order chi connectivity index (χ1) is 12.1. The number of halogens is 1. The predicted molar refractivity (Wildman–Crippen MR) is 98.1 cm³/mol. The number of aromatic nitrogens is 2. The summed E-state index contributed by atoms with van der Waals surface area (Å²) in [7, 11) is 0. The summed E-state index contributed by atoms with van der Waals surface area (Å²) >= 11 is 0. The number of rotatable bonds is 4. The van der Waals surface area contributed by atoms with E-state index >= 15 is 0 Å². The van der Waals surface area contributed by atoms with Gasteiger partial charge in [0.05, 0.1) is 11.4 Å². The number of nitrogens with one attached hydrogen (secondary N) is 1. The summed E-state index contributed by atoms with van der Waals surface area (Å²) in [5.41, 5.74) is 4.89. The molecular weight excluding hydrogens is 313 g/mol. The average molecular weight is 337 g/mol. The molecule has 3 nitrogen and oxygen atoms in total. The van der Waals surface area contributed by atoms with Crippen LogP contribution in [0, 0.1) is 19.7 Å². The van der Waals surface area contributed by atoms with Crippen molar-refractivity contribution in [3.63, 3.8) is 0 Å². The lowest BCUT2D eigenvalue weighted by Gasteiger charge is -2.31. The number of imidazole rings is 1. The van der Waals surface area contributed by atoms with Crippen LogP contribution in [0.25, 0.3) is 5.65 Å². The summed E-state index contributed by atoms with van der Waals surface area (Å²) in [6.07, 6.45) is 6.27. The van der Waals surface area contributed by atoms with Gasteiger partial charge >= 0.3 is 0 Å². The lowest BCUT2D eigenvalue weighted by molar-refractivity contribution is 0.323. The smallest absolute Gasteiger partial charge is 0.140 e. The van der Waals surface area contributed by atoms with Crippen molar-refractivity contribution in [3.05, 3.63) is 70.9 Å². The molecule has 4 rings (SSSR count). The van der Waals surface area contributed by atoms with Gasteiger partial charge in [-0.2, -0.15) is 0 Å². The van der Waals surface area contributed by atoms with Crippen molar-refractivity contribution in [2.24, 2.45) is 0 Å². The van der Waals surface area contributed by atoms with E-state index in [1.807, 2.05) is 19.1 Å². The van der Waals surface area contributed by atoms with Gasteiger partial charge < -0.3 is 9.72 Å². The summed E-state index contributed by atoms with van der Waals surface area (Å²) in [5, 5.41) is 3.71. The molecule has 0 bridgehead atoms. The minimum absolute atomic E-state index is 0.109. The van der Waals surface area contributed by atoms with Gasteiger partial charge in [-0.15, -0.1) is 0 Å². The summed E-state index contributed by atoms with van der Waals surface area (Å²) < 4.78 is 16.6. The molecule has 25 heavy (non-hydrogen) atoms. The Morgan fingerprint density at radius 3 is 2.64 bits per heavy atom. The molecule has 2 heterocycles. The van der Waals surface area contributed by atoms with Crippen LogP contribution in [0.1, 0.15) is 48.2 Å². The first kappa shape index (κ1) is 16.3. The van der Waals surface area contributed by atoms with Crippen LogP contribution in [0.3, 0.4) is 0 Å². The van der Waals surface area contributed by atoms with Crippen molar-refractivity contribution < 1.29 is 4.39 Å². The maximum Gasteiger partial charge on any atom is 0.140 e. The summed E-state index contributed by atoms with van der Waals surface area (Å²) in [5.74, 6) is -0.109. The molecule has 0 aliphatic heterocycles. The highest BCUT2D eigenvalue weighted by Gasteiger charge is 2.37. The number of nitrogens with zero attached hydrogens (tertiary/aromatic N) is 2. The Morgan fingerprint density at radius 2 is 1.88 bits per heavy atom. The van der Waals surface area contributed by atoms with Crippen molar-refractivity contribution in [1.82, 2.24) is 14.7 Å². The average Bonchev–Trinajstić information content (AvgIpc) is 3.19. The van der Waals surface area contributed by atoms with Gasteiger partial charge in [-0.1, -0.05) is 37.1 Å². The second-order valence-corrected chi connectivity index (χ2v) is 7.15. The highest BCUT2D eigenvalue weighted by atomic mass is 19.1. The largest absolute Gasteiger partial charge is 0.302 e. The lowest BCUT2D eigenvalue weighted by Crippen LogP contribution is -2.40. The monoisotopic (exact) mass is 337 g/mol. The zero-order valence-electron chi connectivity index (χ0n) is 14.8. The van der Waals surface area contributed by atoms with Crippen molar-refractivity contribution >= 4 is 5.65 Å². The molecule has 3 aromatic rings. The van der Waals surface area contributed by atoms with E-state index in [0.717, 1.165) is 48.3 Å². The third kappa shape index (κ3) is 2.74. The van der Waals surface area contributed by atoms with Gasteiger partial charge in [0.15, 0.2) is 0 Å². The van der Waals surface area contributed by atoms with E-state index in [4.69, 9.17) is 4.98 Å². The van der Waals surface area contributed by atoms with Gasteiger partial charge in [0.2, 0.25) is 0 Å². The Bertz CT molecular complexity index is 907. The predicted octanol–water partition coefficient (Wildman–Crippen LogP) is 4.65. The molecule has 2 aromatic heterocycles. The molecule has 1 aromatic carbocycles. The van der Waals surface area contributed by atoms with Gasteiger partial charge in [0, 0.05) is 23.8 Å². The van der Waals surface area contributed by atoms with E-state index in [0.29, 0.717) is 6.54 Å². The molecule has 0 unspecified atom stereocenters. The molecule has 0 radical (unpaired) electrons. The molecule has 1 aliphatic carbocycles. The Labute approximate surface area is 147 Å². The maximum atomic E-state index is 14.5. The first-order valence-electron chi connectivity index (χ1n) is 9.04. The zero-order chi connectivity index (χ0) is 17.4. The van der Waals surface area contributed by atoms with Crippen molar-refractivity contribution in [2.75, 3.05) is 0 Å². The van der Waals surface area contributed by atoms with E-state index in [1.54, 1.807) is 12.1 Å². The third-order valence-corrected chi connectivity index (χ3v) is 5.59. The minimum atomic E-state index is -0.272. The van der Waals surface area contributed by atoms with Crippen LogP contribution in [0.15, 0.2) is 42.6 Å². The molecule has 0 saturated heterocycles. The fourth-order valence-corrected chi connectivity index (χ4v) is 4.20. The van der Waals surface area contributed by atoms with E-state index in [-0.39, 0.29) is 11.4 Å². The van der Waals surface area contributed by atoms with Gasteiger partial charge in [-0.3, -0.25) is 0 Å². The Kier molecular flexibility index (Phi) is 4.08. The molecule has 1 saturated carbocycles. The zero-order valence-corrected chi connectivity index (χ0v) is 14.8. The number of fused-ring (bicyclic) bond motifs is 1. The quantitative estimate of drug-likeness (QED) is 0.751. The minimum Gasteiger partial charge on any atom is -0.302 e. The van der Waals surface area contributed by atoms with E-state index in [9.17, 15) is 4.39 Å². The van der Waals surface area contributed by atoms with E-state index < -0.39 is 0 Å². The molecule has 130 valence electrons. The highest BCUT2D eigenvalue weighted by molar-refractivity contribution is 5.50. The van der Waals surface area contributed by atoms with Crippen LogP contribution < -0.4 is 5.32 Å². The van der Waals surface area contributed by atoms with Crippen LogP contribution in [0.2, 0.25) is 0 Å². The molecule has 1 aliphatic rings. The van der Waals surface area contributed by atoms with Gasteiger partial charge in [0.25, 0.3) is 0 Å². The summed E-state index contributed by atoms with van der Waals surface area (Å²) in [6, 6.07) is 11.3. The lowest BCUT2D eigenvalue weighted by atomic mass is 9.87. The number of aryl methyl sites for hydroxylation is 2. The number of benzene rings is 1. The molecular formula is C21H24FN3. The number of hydrogen-bond donors (Lipinski definition) is 1. The van der Waals surface area contributed by atoms with Gasteiger partial charge in [-0.25, -0.2) is 9.37 Å². The fraction of sp³-hybridized carbons (Fsp3) is 0.381. The second kappa shape index (κ2) is 6.26. The normalized spacial score (nSPS) is 16.6. The summed E-state index contributed by atoms with van der Waals surface area (Å²) in [4.78, 5) is 4.72. The van der Waals surface area contributed by atoms with Crippen LogP contribution in [0.4, 0.5) is 4.39 Å². The molecule has 4 heteroatoms.